The summed E-state index contributed by atoms with van der Waals surface area (Å²) >= 11 is 0. The third-order valence-corrected chi connectivity index (χ3v) is 2.23. The largest absolute Gasteiger partial charge is 0.444 e. The van der Waals surface area contributed by atoms with Crippen LogP contribution in [0.4, 0.5) is 4.79 Å². The number of hydrogen-bond donors (Lipinski definition) is 0. The average Bonchev–Trinajstić information content (AvgIpc) is 2.59. The standard InChI is InChI=1S/C12H21NO3/c1-5-9-15-10-7-6-8-13(10)11(14)16-12(2,3)4/h5,10H,1,6-9H2,2-4H3. The molecule has 1 atom stereocenters. The van der Waals surface area contributed by atoms with Gasteiger partial charge in [0, 0.05) is 6.54 Å². The second kappa shape index (κ2) is 5.34. The van der Waals surface area contributed by atoms with Gasteiger partial charge < -0.3 is 9.47 Å². The molecule has 1 aliphatic rings. The SMILES string of the molecule is C=CCOC1CCCN1C(=O)OC(C)(C)C. The predicted molar refractivity (Wildman–Crippen MR) is 62.1 cm³/mol. The zero-order valence-corrected chi connectivity index (χ0v) is 10.4. The van der Waals surface area contributed by atoms with Gasteiger partial charge in [0.2, 0.25) is 0 Å². The van der Waals surface area contributed by atoms with Gasteiger partial charge in [0.15, 0.2) is 0 Å². The molecule has 0 aromatic rings. The Bertz CT molecular complexity index is 257. The van der Waals surface area contributed by atoms with E-state index in [-0.39, 0.29) is 12.3 Å². The third kappa shape index (κ3) is 3.85. The van der Waals surface area contributed by atoms with Crippen LogP contribution < -0.4 is 0 Å². The van der Waals surface area contributed by atoms with Crippen LogP contribution in [0.15, 0.2) is 12.7 Å². The molecule has 16 heavy (non-hydrogen) atoms. The molecule has 0 aliphatic carbocycles. The predicted octanol–water partition coefficient (Wildman–Crippen LogP) is 2.55. The summed E-state index contributed by atoms with van der Waals surface area (Å²) in [5.41, 5.74) is -0.456. The number of amides is 1. The molecule has 0 bridgehead atoms. The molecular formula is C12H21NO3. The van der Waals surface area contributed by atoms with E-state index in [4.69, 9.17) is 9.47 Å². The van der Waals surface area contributed by atoms with Crippen LogP contribution in [0.3, 0.4) is 0 Å². The van der Waals surface area contributed by atoms with E-state index in [1.807, 2.05) is 20.8 Å². The van der Waals surface area contributed by atoms with Gasteiger partial charge in [-0.1, -0.05) is 6.08 Å². The van der Waals surface area contributed by atoms with Crippen molar-refractivity contribution in [3.8, 4) is 0 Å². The lowest BCUT2D eigenvalue weighted by Gasteiger charge is -2.28. The number of carbonyl (C=O) groups is 1. The Kier molecular flexibility index (Phi) is 4.35. The Morgan fingerprint density at radius 1 is 1.56 bits per heavy atom. The number of nitrogens with zero attached hydrogens (tertiary/aromatic N) is 1. The van der Waals surface area contributed by atoms with Gasteiger partial charge in [-0.05, 0) is 33.6 Å². The van der Waals surface area contributed by atoms with Crippen molar-refractivity contribution >= 4 is 6.09 Å². The van der Waals surface area contributed by atoms with Crippen LogP contribution in [-0.4, -0.2) is 36.0 Å². The van der Waals surface area contributed by atoms with Crippen LogP contribution in [0.5, 0.6) is 0 Å². The number of carbonyl (C=O) groups excluding carboxylic acids is 1. The smallest absolute Gasteiger partial charge is 0.412 e. The van der Waals surface area contributed by atoms with Crippen molar-refractivity contribution in [1.82, 2.24) is 4.90 Å². The molecule has 4 nitrogen and oxygen atoms in total. The molecule has 1 unspecified atom stereocenters. The van der Waals surface area contributed by atoms with Crippen LogP contribution in [0.2, 0.25) is 0 Å². The molecule has 1 amide bonds. The van der Waals surface area contributed by atoms with Crippen LogP contribution >= 0.6 is 0 Å². The van der Waals surface area contributed by atoms with Crippen molar-refractivity contribution in [1.29, 1.82) is 0 Å². The summed E-state index contributed by atoms with van der Waals surface area (Å²) < 4.78 is 10.8. The Labute approximate surface area is 97.2 Å². The summed E-state index contributed by atoms with van der Waals surface area (Å²) in [6.07, 6.45) is 3.06. The van der Waals surface area contributed by atoms with Gasteiger partial charge in [-0.15, -0.1) is 6.58 Å². The maximum atomic E-state index is 11.8. The van der Waals surface area contributed by atoms with Gasteiger partial charge >= 0.3 is 6.09 Å². The first kappa shape index (κ1) is 13.0. The lowest BCUT2D eigenvalue weighted by molar-refractivity contribution is -0.0406. The van der Waals surface area contributed by atoms with Gasteiger partial charge in [0.1, 0.15) is 11.8 Å². The molecule has 0 aromatic heterocycles. The van der Waals surface area contributed by atoms with Gasteiger partial charge in [0.25, 0.3) is 0 Å². The molecule has 4 heteroatoms. The molecule has 1 aliphatic heterocycles. The minimum absolute atomic E-state index is 0.159. The summed E-state index contributed by atoms with van der Waals surface area (Å²) in [7, 11) is 0. The van der Waals surface area contributed by atoms with E-state index < -0.39 is 5.60 Å². The highest BCUT2D eigenvalue weighted by molar-refractivity contribution is 5.68. The lowest BCUT2D eigenvalue weighted by atomic mass is 10.2. The maximum Gasteiger partial charge on any atom is 0.412 e. The number of hydrogen-bond acceptors (Lipinski definition) is 3. The maximum absolute atomic E-state index is 11.8. The summed E-state index contributed by atoms with van der Waals surface area (Å²) in [4.78, 5) is 13.5. The fraction of sp³-hybridized carbons (Fsp3) is 0.750. The molecule has 0 N–H and O–H groups in total. The molecule has 1 heterocycles. The molecule has 1 saturated heterocycles. The van der Waals surface area contributed by atoms with E-state index in [0.717, 1.165) is 12.8 Å². The monoisotopic (exact) mass is 227 g/mol. The van der Waals surface area contributed by atoms with Gasteiger partial charge in [-0.3, -0.25) is 4.90 Å². The molecule has 0 aromatic carbocycles. The topological polar surface area (TPSA) is 38.8 Å². The van der Waals surface area contributed by atoms with E-state index in [0.29, 0.717) is 13.2 Å². The van der Waals surface area contributed by atoms with Crippen molar-refractivity contribution in [2.45, 2.75) is 45.4 Å². The van der Waals surface area contributed by atoms with E-state index >= 15 is 0 Å². The Morgan fingerprint density at radius 2 is 2.25 bits per heavy atom. The van der Waals surface area contributed by atoms with Crippen LogP contribution in [-0.2, 0) is 9.47 Å². The Balaban J connectivity index is 2.50. The van der Waals surface area contributed by atoms with Crippen molar-refractivity contribution in [2.24, 2.45) is 0 Å². The van der Waals surface area contributed by atoms with Gasteiger partial charge in [0.05, 0.1) is 6.61 Å². The van der Waals surface area contributed by atoms with Crippen molar-refractivity contribution < 1.29 is 14.3 Å². The highest BCUT2D eigenvalue weighted by Crippen LogP contribution is 2.21. The first-order chi connectivity index (χ1) is 7.44. The Hall–Kier alpha value is -1.03. The lowest BCUT2D eigenvalue weighted by Crippen LogP contribution is -2.41. The molecule has 0 saturated carbocycles. The van der Waals surface area contributed by atoms with Crippen LogP contribution in [0, 0.1) is 0 Å². The summed E-state index contributed by atoms with van der Waals surface area (Å²) in [6, 6.07) is 0. The first-order valence-electron chi connectivity index (χ1n) is 5.66. The minimum Gasteiger partial charge on any atom is -0.444 e. The van der Waals surface area contributed by atoms with E-state index in [1.165, 1.54) is 0 Å². The fourth-order valence-corrected chi connectivity index (χ4v) is 1.62. The second-order valence-electron chi connectivity index (χ2n) is 4.89. The molecule has 1 rings (SSSR count). The molecular weight excluding hydrogens is 206 g/mol. The van der Waals surface area contributed by atoms with Crippen molar-refractivity contribution in [3.63, 3.8) is 0 Å². The minimum atomic E-state index is -0.456. The van der Waals surface area contributed by atoms with Crippen LogP contribution in [0.1, 0.15) is 33.6 Å². The van der Waals surface area contributed by atoms with Crippen molar-refractivity contribution in [2.75, 3.05) is 13.2 Å². The van der Waals surface area contributed by atoms with E-state index in [1.54, 1.807) is 11.0 Å². The highest BCUT2D eigenvalue weighted by atomic mass is 16.6. The van der Waals surface area contributed by atoms with Gasteiger partial charge in [-0.2, -0.15) is 0 Å². The number of likely N-dealkylation sites (tertiary alicyclic amines) is 1. The quantitative estimate of drug-likeness (QED) is 0.695. The third-order valence-electron chi connectivity index (χ3n) is 2.23. The van der Waals surface area contributed by atoms with Crippen molar-refractivity contribution in [3.05, 3.63) is 12.7 Å². The zero-order chi connectivity index (χ0) is 12.2. The second-order valence-corrected chi connectivity index (χ2v) is 4.89. The molecule has 1 fully saturated rings. The molecule has 92 valence electrons. The van der Waals surface area contributed by atoms with Gasteiger partial charge in [-0.25, -0.2) is 4.79 Å². The Morgan fingerprint density at radius 3 is 2.81 bits per heavy atom. The average molecular weight is 227 g/mol. The number of rotatable bonds is 3. The first-order valence-corrected chi connectivity index (χ1v) is 5.66. The van der Waals surface area contributed by atoms with E-state index in [9.17, 15) is 4.79 Å². The number of ether oxygens (including phenoxy) is 2. The van der Waals surface area contributed by atoms with E-state index in [2.05, 4.69) is 6.58 Å². The summed E-state index contributed by atoms with van der Waals surface area (Å²) in [5.74, 6) is 0. The normalized spacial score (nSPS) is 20.9. The summed E-state index contributed by atoms with van der Waals surface area (Å²) in [6.45, 7) is 10.3. The summed E-state index contributed by atoms with van der Waals surface area (Å²) in [5, 5.41) is 0. The van der Waals surface area contributed by atoms with Crippen LogP contribution in [0.25, 0.3) is 0 Å². The fourth-order valence-electron chi connectivity index (χ4n) is 1.62. The molecule has 0 spiro atoms. The zero-order valence-electron chi connectivity index (χ0n) is 10.4. The molecule has 0 radical (unpaired) electrons. The highest BCUT2D eigenvalue weighted by Gasteiger charge is 2.32.